The third kappa shape index (κ3) is 3.23. The first-order valence-corrected chi connectivity index (χ1v) is 7.03. The van der Waals surface area contributed by atoms with E-state index in [-0.39, 0.29) is 5.91 Å². The summed E-state index contributed by atoms with van der Waals surface area (Å²) in [5.74, 6) is -0.114. The Morgan fingerprint density at radius 1 is 1.40 bits per heavy atom. The zero-order chi connectivity index (χ0) is 14.5. The number of hydrogen-bond donors (Lipinski definition) is 1. The summed E-state index contributed by atoms with van der Waals surface area (Å²) in [5.41, 5.74) is 7.54. The second-order valence-corrected chi connectivity index (χ2v) is 5.48. The molecule has 0 aliphatic carbocycles. The Kier molecular flexibility index (Phi) is 4.51. The van der Waals surface area contributed by atoms with Crippen LogP contribution in [0, 0.1) is 11.3 Å². The van der Waals surface area contributed by atoms with Crippen molar-refractivity contribution in [3.63, 3.8) is 0 Å². The molecule has 0 aliphatic heterocycles. The van der Waals surface area contributed by atoms with E-state index in [4.69, 9.17) is 11.0 Å². The minimum Gasteiger partial charge on any atom is -0.340 e. The number of nitrogens with zero attached hydrogens (tertiary/aromatic N) is 2. The molecule has 0 saturated heterocycles. The monoisotopic (exact) mass is 285 g/mol. The van der Waals surface area contributed by atoms with Crippen LogP contribution in [-0.2, 0) is 11.3 Å². The van der Waals surface area contributed by atoms with Gasteiger partial charge in [0.15, 0.2) is 0 Å². The van der Waals surface area contributed by atoms with E-state index in [1.165, 1.54) is 11.3 Å². The molecule has 1 atom stereocenters. The number of thiophene rings is 1. The Balaban J connectivity index is 2.02. The first-order valence-electron chi connectivity index (χ1n) is 6.15. The Bertz CT molecular complexity index is 614. The zero-order valence-corrected chi connectivity index (χ0v) is 11.9. The van der Waals surface area contributed by atoms with Crippen LogP contribution in [0.2, 0.25) is 0 Å². The topological polar surface area (TPSA) is 70.1 Å². The molecule has 2 N–H and O–H groups in total. The van der Waals surface area contributed by atoms with Crippen LogP contribution >= 0.6 is 11.3 Å². The van der Waals surface area contributed by atoms with E-state index in [1.54, 1.807) is 24.1 Å². The van der Waals surface area contributed by atoms with Crippen molar-refractivity contribution < 1.29 is 4.79 Å². The third-order valence-corrected chi connectivity index (χ3v) is 3.95. The molecule has 0 bridgehead atoms. The van der Waals surface area contributed by atoms with E-state index in [0.29, 0.717) is 12.1 Å². The van der Waals surface area contributed by atoms with Crippen LogP contribution in [0.4, 0.5) is 0 Å². The molecule has 2 aromatic rings. The first kappa shape index (κ1) is 14.3. The van der Waals surface area contributed by atoms with Crippen molar-refractivity contribution >= 4 is 17.2 Å². The normalized spacial score (nSPS) is 11.7. The molecular formula is C15H15N3OS. The summed E-state index contributed by atoms with van der Waals surface area (Å²) in [7, 11) is 1.73. The van der Waals surface area contributed by atoms with Gasteiger partial charge in [-0.25, -0.2) is 0 Å². The Morgan fingerprint density at radius 3 is 2.65 bits per heavy atom. The predicted molar refractivity (Wildman–Crippen MR) is 78.9 cm³/mol. The summed E-state index contributed by atoms with van der Waals surface area (Å²) < 4.78 is 0. The van der Waals surface area contributed by atoms with E-state index < -0.39 is 6.04 Å². The SMILES string of the molecule is CN(Cc1ccc(C#N)cc1)C(=O)C(N)c1cccs1. The molecule has 5 heteroatoms. The standard InChI is InChI=1S/C15H15N3OS/c1-18(10-12-6-4-11(9-16)5-7-12)15(19)14(17)13-3-2-8-20-13/h2-8,14H,10,17H2,1H3. The van der Waals surface area contributed by atoms with Crippen LogP contribution in [-0.4, -0.2) is 17.9 Å². The molecule has 0 saturated carbocycles. The fourth-order valence-electron chi connectivity index (χ4n) is 1.86. The average molecular weight is 285 g/mol. The van der Waals surface area contributed by atoms with Gasteiger partial charge in [-0.3, -0.25) is 4.79 Å². The number of carbonyl (C=O) groups excluding carboxylic acids is 1. The van der Waals surface area contributed by atoms with Crippen LogP contribution < -0.4 is 5.73 Å². The second kappa shape index (κ2) is 6.33. The van der Waals surface area contributed by atoms with Gasteiger partial charge in [-0.15, -0.1) is 11.3 Å². The quantitative estimate of drug-likeness (QED) is 0.937. The van der Waals surface area contributed by atoms with Crippen molar-refractivity contribution in [1.82, 2.24) is 4.90 Å². The maximum atomic E-state index is 12.2. The van der Waals surface area contributed by atoms with Crippen LogP contribution in [0.1, 0.15) is 22.0 Å². The van der Waals surface area contributed by atoms with E-state index in [0.717, 1.165) is 10.4 Å². The van der Waals surface area contributed by atoms with Gasteiger partial charge in [0.1, 0.15) is 6.04 Å². The van der Waals surface area contributed by atoms with Crippen molar-refractivity contribution in [3.8, 4) is 6.07 Å². The number of hydrogen-bond acceptors (Lipinski definition) is 4. The summed E-state index contributed by atoms with van der Waals surface area (Å²) in [6, 6.07) is 12.4. The van der Waals surface area contributed by atoms with E-state index in [9.17, 15) is 4.79 Å². The molecular weight excluding hydrogens is 270 g/mol. The molecule has 1 amide bonds. The second-order valence-electron chi connectivity index (χ2n) is 4.50. The van der Waals surface area contributed by atoms with Gasteiger partial charge in [0.2, 0.25) is 5.91 Å². The molecule has 0 radical (unpaired) electrons. The molecule has 1 unspecified atom stereocenters. The highest BCUT2D eigenvalue weighted by Crippen LogP contribution is 2.19. The number of amides is 1. The van der Waals surface area contributed by atoms with Gasteiger partial charge < -0.3 is 10.6 Å². The Hall–Kier alpha value is -2.16. The van der Waals surface area contributed by atoms with Crippen molar-refractivity contribution in [3.05, 3.63) is 57.8 Å². The molecule has 0 aliphatic rings. The fourth-order valence-corrected chi connectivity index (χ4v) is 2.58. The molecule has 0 spiro atoms. The molecule has 1 heterocycles. The zero-order valence-electron chi connectivity index (χ0n) is 11.1. The first-order chi connectivity index (χ1) is 9.61. The van der Waals surface area contributed by atoms with Gasteiger partial charge in [-0.2, -0.15) is 5.26 Å². The Morgan fingerprint density at radius 2 is 2.10 bits per heavy atom. The highest BCUT2D eigenvalue weighted by Gasteiger charge is 2.20. The van der Waals surface area contributed by atoms with Crippen LogP contribution in [0.15, 0.2) is 41.8 Å². The van der Waals surface area contributed by atoms with E-state index in [2.05, 4.69) is 6.07 Å². The van der Waals surface area contributed by atoms with Crippen molar-refractivity contribution in [2.24, 2.45) is 5.73 Å². The van der Waals surface area contributed by atoms with Crippen molar-refractivity contribution in [2.75, 3.05) is 7.05 Å². The molecule has 2 rings (SSSR count). The van der Waals surface area contributed by atoms with Gasteiger partial charge >= 0.3 is 0 Å². The fraction of sp³-hybridized carbons (Fsp3) is 0.200. The molecule has 102 valence electrons. The smallest absolute Gasteiger partial charge is 0.244 e. The lowest BCUT2D eigenvalue weighted by molar-refractivity contribution is -0.131. The molecule has 4 nitrogen and oxygen atoms in total. The number of carbonyl (C=O) groups is 1. The summed E-state index contributed by atoms with van der Waals surface area (Å²) in [6.07, 6.45) is 0. The predicted octanol–water partition coefficient (Wildman–Crippen LogP) is 2.28. The molecule has 20 heavy (non-hydrogen) atoms. The lowest BCUT2D eigenvalue weighted by Crippen LogP contribution is -2.35. The molecule has 1 aromatic carbocycles. The largest absolute Gasteiger partial charge is 0.340 e. The van der Waals surface area contributed by atoms with Gasteiger partial charge in [0.25, 0.3) is 0 Å². The lowest BCUT2D eigenvalue weighted by atomic mass is 10.1. The third-order valence-electron chi connectivity index (χ3n) is 2.99. The van der Waals surface area contributed by atoms with Gasteiger partial charge in [0, 0.05) is 18.5 Å². The summed E-state index contributed by atoms with van der Waals surface area (Å²) >= 11 is 1.48. The minimum absolute atomic E-state index is 0.114. The number of benzene rings is 1. The summed E-state index contributed by atoms with van der Waals surface area (Å²) in [6.45, 7) is 0.476. The van der Waals surface area contributed by atoms with Gasteiger partial charge in [-0.1, -0.05) is 18.2 Å². The van der Waals surface area contributed by atoms with Gasteiger partial charge in [-0.05, 0) is 29.1 Å². The van der Waals surface area contributed by atoms with E-state index >= 15 is 0 Å². The van der Waals surface area contributed by atoms with Crippen LogP contribution in [0.25, 0.3) is 0 Å². The molecule has 1 aromatic heterocycles. The minimum atomic E-state index is -0.613. The summed E-state index contributed by atoms with van der Waals surface area (Å²) in [5, 5.41) is 10.7. The van der Waals surface area contributed by atoms with E-state index in [1.807, 2.05) is 29.6 Å². The highest BCUT2D eigenvalue weighted by molar-refractivity contribution is 7.10. The van der Waals surface area contributed by atoms with Crippen molar-refractivity contribution in [1.29, 1.82) is 5.26 Å². The number of nitriles is 1. The number of likely N-dealkylation sites (N-methyl/N-ethyl adjacent to an activating group) is 1. The van der Waals surface area contributed by atoms with Crippen molar-refractivity contribution in [2.45, 2.75) is 12.6 Å². The lowest BCUT2D eigenvalue weighted by Gasteiger charge is -2.20. The average Bonchev–Trinajstić information content (AvgIpc) is 3.00. The van der Waals surface area contributed by atoms with Crippen LogP contribution in [0.5, 0.6) is 0 Å². The number of rotatable bonds is 4. The summed E-state index contributed by atoms with van der Waals surface area (Å²) in [4.78, 5) is 14.7. The Labute approximate surface area is 122 Å². The number of nitrogens with two attached hydrogens (primary N) is 1. The molecule has 0 fully saturated rings. The maximum Gasteiger partial charge on any atom is 0.244 e. The maximum absolute atomic E-state index is 12.2. The van der Waals surface area contributed by atoms with Gasteiger partial charge in [0.05, 0.1) is 11.6 Å². The highest BCUT2D eigenvalue weighted by atomic mass is 32.1. The van der Waals surface area contributed by atoms with Crippen LogP contribution in [0.3, 0.4) is 0 Å².